The van der Waals surface area contributed by atoms with Crippen molar-refractivity contribution < 1.29 is 4.52 Å². The summed E-state index contributed by atoms with van der Waals surface area (Å²) in [5.74, 6) is 3.64. The molecule has 0 unspecified atom stereocenters. The Morgan fingerprint density at radius 3 is 2.55 bits per heavy atom. The lowest BCUT2D eigenvalue weighted by Gasteiger charge is -2.29. The Hall–Kier alpha value is -0.900. The van der Waals surface area contributed by atoms with Gasteiger partial charge in [-0.15, -0.1) is 0 Å². The number of nitrogens with two attached hydrogens (primary N) is 1. The van der Waals surface area contributed by atoms with Crippen molar-refractivity contribution in [1.29, 1.82) is 0 Å². The summed E-state index contributed by atoms with van der Waals surface area (Å²) in [7, 11) is 0. The van der Waals surface area contributed by atoms with Crippen LogP contribution in [-0.4, -0.2) is 10.1 Å². The van der Waals surface area contributed by atoms with Gasteiger partial charge in [-0.05, 0) is 43.9 Å². The number of unbranched alkanes of at least 4 members (excludes halogenated alkanes) is 1. The van der Waals surface area contributed by atoms with E-state index in [1.54, 1.807) is 0 Å². The third kappa shape index (κ3) is 3.81. The molecule has 1 aliphatic rings. The molecule has 0 bridgehead atoms. The van der Waals surface area contributed by atoms with Crippen molar-refractivity contribution in [2.45, 2.75) is 77.7 Å². The fraction of sp³-hybridized carbons (Fsp3) is 0.875. The molecule has 1 aromatic heterocycles. The van der Waals surface area contributed by atoms with E-state index in [1.807, 2.05) is 0 Å². The fourth-order valence-electron chi connectivity index (χ4n) is 3.16. The van der Waals surface area contributed by atoms with E-state index in [0.29, 0.717) is 11.8 Å². The van der Waals surface area contributed by atoms with E-state index in [9.17, 15) is 0 Å². The molecule has 0 amide bonds. The first-order valence-corrected chi connectivity index (χ1v) is 8.20. The van der Waals surface area contributed by atoms with E-state index in [2.05, 4.69) is 30.9 Å². The van der Waals surface area contributed by atoms with E-state index >= 15 is 0 Å². The van der Waals surface area contributed by atoms with Gasteiger partial charge in [-0.2, -0.15) is 4.98 Å². The molecule has 0 aromatic carbocycles. The average Bonchev–Trinajstić information content (AvgIpc) is 2.94. The van der Waals surface area contributed by atoms with Gasteiger partial charge in [0.15, 0.2) is 5.82 Å². The lowest BCUT2D eigenvalue weighted by Crippen LogP contribution is -2.18. The molecule has 4 heteroatoms. The van der Waals surface area contributed by atoms with E-state index in [-0.39, 0.29) is 6.04 Å². The summed E-state index contributed by atoms with van der Waals surface area (Å²) in [5.41, 5.74) is 6.09. The Kier molecular flexibility index (Phi) is 5.58. The van der Waals surface area contributed by atoms with Crippen LogP contribution in [0.2, 0.25) is 0 Å². The maximum Gasteiger partial charge on any atom is 0.243 e. The lowest BCUT2D eigenvalue weighted by molar-refractivity contribution is 0.251. The van der Waals surface area contributed by atoms with Crippen LogP contribution in [0.15, 0.2) is 4.52 Å². The van der Waals surface area contributed by atoms with Gasteiger partial charge in [0.25, 0.3) is 0 Å². The Balaban J connectivity index is 1.89. The number of hydrogen-bond donors (Lipinski definition) is 1. The highest BCUT2D eigenvalue weighted by Crippen LogP contribution is 2.37. The van der Waals surface area contributed by atoms with Gasteiger partial charge in [0.05, 0.1) is 6.04 Å². The van der Waals surface area contributed by atoms with Crippen molar-refractivity contribution in [2.75, 3.05) is 0 Å². The van der Waals surface area contributed by atoms with Crippen molar-refractivity contribution >= 4 is 0 Å². The van der Waals surface area contributed by atoms with Crippen LogP contribution in [0, 0.1) is 11.8 Å². The van der Waals surface area contributed by atoms with Crippen LogP contribution in [-0.2, 0) is 0 Å². The molecule has 0 spiro atoms. The largest absolute Gasteiger partial charge is 0.338 e. The molecular formula is C16H29N3O. The topological polar surface area (TPSA) is 64.9 Å². The van der Waals surface area contributed by atoms with E-state index in [4.69, 9.17) is 10.3 Å². The molecule has 1 aromatic rings. The Morgan fingerprint density at radius 1 is 1.25 bits per heavy atom. The molecule has 114 valence electrons. The maximum atomic E-state index is 6.09. The predicted octanol–water partition coefficient (Wildman–Crippen LogP) is 4.19. The van der Waals surface area contributed by atoms with E-state index in [1.165, 1.54) is 25.7 Å². The molecule has 1 heterocycles. The molecule has 1 fully saturated rings. The Bertz CT molecular complexity index is 394. The molecule has 2 rings (SSSR count). The summed E-state index contributed by atoms with van der Waals surface area (Å²) >= 11 is 0. The van der Waals surface area contributed by atoms with Gasteiger partial charge in [0, 0.05) is 5.92 Å². The van der Waals surface area contributed by atoms with Crippen molar-refractivity contribution in [3.05, 3.63) is 11.7 Å². The van der Waals surface area contributed by atoms with Crippen LogP contribution in [0.1, 0.15) is 89.4 Å². The number of rotatable bonds is 6. The SMILES string of the molecule is CCCC[C@H](N)c1nc(C2CCC(C(C)C)CC2)no1. The molecule has 20 heavy (non-hydrogen) atoms. The van der Waals surface area contributed by atoms with Crippen LogP contribution in [0.25, 0.3) is 0 Å². The second kappa shape index (κ2) is 7.21. The molecule has 0 aliphatic heterocycles. The molecule has 0 radical (unpaired) electrons. The second-order valence-electron chi connectivity index (χ2n) is 6.60. The zero-order valence-corrected chi connectivity index (χ0v) is 13.1. The minimum atomic E-state index is -0.0943. The highest BCUT2D eigenvalue weighted by molar-refractivity contribution is 5.00. The summed E-state index contributed by atoms with van der Waals surface area (Å²) in [6.45, 7) is 6.81. The average molecular weight is 279 g/mol. The van der Waals surface area contributed by atoms with Crippen LogP contribution in [0.3, 0.4) is 0 Å². The number of hydrogen-bond acceptors (Lipinski definition) is 4. The van der Waals surface area contributed by atoms with Crippen LogP contribution in [0.5, 0.6) is 0 Å². The van der Waals surface area contributed by atoms with Crippen molar-refractivity contribution in [3.8, 4) is 0 Å². The highest BCUT2D eigenvalue weighted by Gasteiger charge is 2.27. The molecular weight excluding hydrogens is 250 g/mol. The zero-order chi connectivity index (χ0) is 14.5. The number of aromatic nitrogens is 2. The third-order valence-electron chi connectivity index (χ3n) is 4.72. The minimum Gasteiger partial charge on any atom is -0.338 e. The van der Waals surface area contributed by atoms with E-state index in [0.717, 1.165) is 36.9 Å². The van der Waals surface area contributed by atoms with Crippen LogP contribution >= 0.6 is 0 Å². The van der Waals surface area contributed by atoms with Gasteiger partial charge in [-0.25, -0.2) is 0 Å². The summed E-state index contributed by atoms with van der Waals surface area (Å²) < 4.78 is 5.36. The lowest BCUT2D eigenvalue weighted by atomic mass is 9.77. The first-order chi connectivity index (χ1) is 9.61. The summed E-state index contributed by atoms with van der Waals surface area (Å²) in [6.07, 6.45) is 8.13. The first-order valence-electron chi connectivity index (χ1n) is 8.20. The number of nitrogens with zero attached hydrogens (tertiary/aromatic N) is 2. The molecule has 1 saturated carbocycles. The van der Waals surface area contributed by atoms with Crippen molar-refractivity contribution in [1.82, 2.24) is 10.1 Å². The van der Waals surface area contributed by atoms with Crippen LogP contribution in [0.4, 0.5) is 0 Å². The molecule has 0 saturated heterocycles. The Morgan fingerprint density at radius 2 is 1.95 bits per heavy atom. The third-order valence-corrected chi connectivity index (χ3v) is 4.72. The summed E-state index contributed by atoms with van der Waals surface area (Å²) in [4.78, 5) is 4.55. The second-order valence-corrected chi connectivity index (χ2v) is 6.60. The van der Waals surface area contributed by atoms with Gasteiger partial charge in [0.2, 0.25) is 5.89 Å². The first kappa shape index (κ1) is 15.5. The van der Waals surface area contributed by atoms with Crippen molar-refractivity contribution in [3.63, 3.8) is 0 Å². The molecule has 1 atom stereocenters. The minimum absolute atomic E-state index is 0.0943. The van der Waals surface area contributed by atoms with E-state index < -0.39 is 0 Å². The fourth-order valence-corrected chi connectivity index (χ4v) is 3.16. The summed E-state index contributed by atoms with van der Waals surface area (Å²) in [6, 6.07) is -0.0943. The molecule has 4 nitrogen and oxygen atoms in total. The molecule has 1 aliphatic carbocycles. The van der Waals surface area contributed by atoms with Gasteiger partial charge >= 0.3 is 0 Å². The smallest absolute Gasteiger partial charge is 0.243 e. The quantitative estimate of drug-likeness (QED) is 0.848. The summed E-state index contributed by atoms with van der Waals surface area (Å²) in [5, 5.41) is 4.17. The highest BCUT2D eigenvalue weighted by atomic mass is 16.5. The van der Waals surface area contributed by atoms with Gasteiger partial charge in [-0.3, -0.25) is 0 Å². The Labute approximate surface area is 122 Å². The standard InChI is InChI=1S/C16H29N3O/c1-4-5-6-14(17)16-18-15(19-20-16)13-9-7-12(8-10-13)11(2)3/h11-14H,4-10,17H2,1-3H3/t12?,13?,14-/m0/s1. The normalized spacial score (nSPS) is 25.1. The zero-order valence-electron chi connectivity index (χ0n) is 13.1. The van der Waals surface area contributed by atoms with Gasteiger partial charge in [0.1, 0.15) is 0 Å². The molecule has 2 N–H and O–H groups in total. The van der Waals surface area contributed by atoms with Gasteiger partial charge < -0.3 is 10.3 Å². The van der Waals surface area contributed by atoms with Gasteiger partial charge in [-0.1, -0.05) is 38.8 Å². The van der Waals surface area contributed by atoms with Crippen LogP contribution < -0.4 is 5.73 Å². The van der Waals surface area contributed by atoms with Crippen molar-refractivity contribution in [2.24, 2.45) is 17.6 Å². The maximum absolute atomic E-state index is 6.09. The monoisotopic (exact) mass is 279 g/mol. The predicted molar refractivity (Wildman–Crippen MR) is 80.3 cm³/mol.